The highest BCUT2D eigenvalue weighted by Crippen LogP contribution is 2.41. The van der Waals surface area contributed by atoms with Crippen LogP contribution in [-0.4, -0.2) is 12.7 Å². The minimum atomic E-state index is -0.936. The van der Waals surface area contributed by atoms with Gasteiger partial charge in [0.05, 0.1) is 6.10 Å². The van der Waals surface area contributed by atoms with Gasteiger partial charge in [-0.25, -0.2) is 0 Å². The van der Waals surface area contributed by atoms with E-state index in [0.717, 1.165) is 56.3 Å². The maximum atomic E-state index is 14.5. The molecular formula is C27H38F2O2. The zero-order valence-electron chi connectivity index (χ0n) is 19.0. The molecule has 0 radical (unpaired) electrons. The van der Waals surface area contributed by atoms with Gasteiger partial charge in [-0.15, -0.1) is 0 Å². The first-order valence-corrected chi connectivity index (χ1v) is 12.6. The first-order chi connectivity index (χ1) is 15.1. The molecule has 0 heterocycles. The monoisotopic (exact) mass is 432 g/mol. The van der Waals surface area contributed by atoms with Crippen molar-refractivity contribution in [3.63, 3.8) is 0 Å². The van der Waals surface area contributed by atoms with Crippen molar-refractivity contribution in [2.75, 3.05) is 6.61 Å². The van der Waals surface area contributed by atoms with Crippen LogP contribution in [0.2, 0.25) is 0 Å². The van der Waals surface area contributed by atoms with Gasteiger partial charge in [0.25, 0.3) is 0 Å². The van der Waals surface area contributed by atoms with Crippen molar-refractivity contribution in [1.29, 1.82) is 0 Å². The highest BCUT2D eigenvalue weighted by molar-refractivity contribution is 5.35. The van der Waals surface area contributed by atoms with E-state index >= 15 is 0 Å². The third-order valence-electron chi connectivity index (χ3n) is 7.82. The number of benzene rings is 1. The third-order valence-corrected chi connectivity index (χ3v) is 7.82. The Morgan fingerprint density at radius 2 is 1.58 bits per heavy atom. The van der Waals surface area contributed by atoms with Crippen LogP contribution in [0.25, 0.3) is 0 Å². The molecule has 2 saturated carbocycles. The molecule has 2 nitrogen and oxygen atoms in total. The molecule has 31 heavy (non-hydrogen) atoms. The van der Waals surface area contributed by atoms with E-state index < -0.39 is 11.6 Å². The predicted octanol–water partition coefficient (Wildman–Crippen LogP) is 8.00. The number of allylic oxidation sites excluding steroid dienone is 1. The van der Waals surface area contributed by atoms with Gasteiger partial charge in [-0.3, -0.25) is 0 Å². The zero-order chi connectivity index (χ0) is 21.6. The molecule has 1 unspecified atom stereocenters. The van der Waals surface area contributed by atoms with E-state index in [4.69, 9.17) is 9.47 Å². The number of hydrogen-bond acceptors (Lipinski definition) is 2. The molecule has 0 amide bonds. The molecule has 0 saturated heterocycles. The minimum Gasteiger partial charge on any atom is -0.487 e. The summed E-state index contributed by atoms with van der Waals surface area (Å²) in [6.45, 7) is 2.63. The van der Waals surface area contributed by atoms with E-state index in [2.05, 4.69) is 13.0 Å². The van der Waals surface area contributed by atoms with Crippen LogP contribution in [-0.2, 0) is 0 Å². The van der Waals surface area contributed by atoms with Crippen molar-refractivity contribution in [1.82, 2.24) is 0 Å². The molecule has 172 valence electrons. The van der Waals surface area contributed by atoms with Gasteiger partial charge < -0.3 is 9.47 Å². The summed E-state index contributed by atoms with van der Waals surface area (Å²) in [5, 5.41) is 0. The van der Waals surface area contributed by atoms with Crippen LogP contribution in [0.5, 0.6) is 11.5 Å². The lowest BCUT2D eigenvalue weighted by Gasteiger charge is -2.35. The molecule has 0 aliphatic heterocycles. The van der Waals surface area contributed by atoms with Gasteiger partial charge in [-0.1, -0.05) is 38.7 Å². The number of rotatable bonds is 8. The van der Waals surface area contributed by atoms with Crippen molar-refractivity contribution in [3.8, 4) is 11.5 Å². The Morgan fingerprint density at radius 1 is 0.871 bits per heavy atom. The molecule has 0 aromatic heterocycles. The fourth-order valence-electron chi connectivity index (χ4n) is 5.90. The van der Waals surface area contributed by atoms with Crippen LogP contribution in [0.1, 0.15) is 90.4 Å². The summed E-state index contributed by atoms with van der Waals surface area (Å²) < 4.78 is 40.2. The van der Waals surface area contributed by atoms with Crippen LogP contribution in [0.3, 0.4) is 0 Å². The van der Waals surface area contributed by atoms with E-state index in [1.165, 1.54) is 62.7 Å². The second-order valence-corrected chi connectivity index (χ2v) is 9.97. The molecule has 3 aliphatic rings. The van der Waals surface area contributed by atoms with Gasteiger partial charge in [-0.05, 0) is 93.2 Å². The Hall–Kier alpha value is -1.58. The molecule has 0 N–H and O–H groups in total. The number of hydrogen-bond donors (Lipinski definition) is 0. The van der Waals surface area contributed by atoms with Crippen LogP contribution in [0.4, 0.5) is 8.78 Å². The van der Waals surface area contributed by atoms with Crippen LogP contribution < -0.4 is 9.47 Å². The van der Waals surface area contributed by atoms with Gasteiger partial charge in [0.15, 0.2) is 11.5 Å². The molecule has 2 fully saturated rings. The van der Waals surface area contributed by atoms with Gasteiger partial charge in [-0.2, -0.15) is 8.78 Å². The molecule has 3 aliphatic carbocycles. The maximum Gasteiger partial charge on any atom is 0.204 e. The highest BCUT2D eigenvalue weighted by Gasteiger charge is 2.28. The minimum absolute atomic E-state index is 0.00250. The lowest BCUT2D eigenvalue weighted by Crippen LogP contribution is -2.23. The average molecular weight is 433 g/mol. The van der Waals surface area contributed by atoms with Crippen molar-refractivity contribution < 1.29 is 18.3 Å². The SMILES string of the molecule is CCCC1CCC(C2CC=C(COc3ccc(OC4CCCC4)c(F)c3F)CC2)CC1. The molecule has 1 atom stereocenters. The molecule has 0 bridgehead atoms. The van der Waals surface area contributed by atoms with Crippen molar-refractivity contribution in [2.45, 2.75) is 96.5 Å². The summed E-state index contributed by atoms with van der Waals surface area (Å²) in [6, 6.07) is 3.01. The fraction of sp³-hybridized carbons (Fsp3) is 0.704. The summed E-state index contributed by atoms with van der Waals surface area (Å²) in [5.74, 6) is 0.723. The standard InChI is InChI=1S/C27H38F2O2/c1-2-5-19-8-12-21(13-9-19)22-14-10-20(11-15-22)18-30-24-16-17-25(27(29)26(24)28)31-23-6-3-4-7-23/h10,16-17,19,21-23H,2-9,11-15,18H2,1H3. The number of ether oxygens (including phenoxy) is 2. The van der Waals surface area contributed by atoms with Crippen molar-refractivity contribution in [2.24, 2.45) is 17.8 Å². The Balaban J connectivity index is 1.25. The largest absolute Gasteiger partial charge is 0.487 e. The summed E-state index contributed by atoms with van der Waals surface area (Å²) >= 11 is 0. The molecular weight excluding hydrogens is 394 g/mol. The zero-order valence-corrected chi connectivity index (χ0v) is 19.0. The van der Waals surface area contributed by atoms with Gasteiger partial charge in [0.2, 0.25) is 11.6 Å². The Bertz CT molecular complexity index is 746. The highest BCUT2D eigenvalue weighted by atomic mass is 19.2. The molecule has 4 rings (SSSR count). The van der Waals surface area contributed by atoms with E-state index in [-0.39, 0.29) is 17.6 Å². The molecule has 1 aromatic rings. The maximum absolute atomic E-state index is 14.5. The quantitative estimate of drug-likeness (QED) is 0.387. The van der Waals surface area contributed by atoms with Gasteiger partial charge >= 0.3 is 0 Å². The van der Waals surface area contributed by atoms with E-state index in [1.54, 1.807) is 0 Å². The topological polar surface area (TPSA) is 18.5 Å². The average Bonchev–Trinajstić information content (AvgIpc) is 3.31. The lowest BCUT2D eigenvalue weighted by atomic mass is 9.71. The molecule has 4 heteroatoms. The smallest absolute Gasteiger partial charge is 0.204 e. The fourth-order valence-corrected chi connectivity index (χ4v) is 5.90. The second-order valence-electron chi connectivity index (χ2n) is 9.97. The van der Waals surface area contributed by atoms with Crippen LogP contribution in [0.15, 0.2) is 23.8 Å². The Kier molecular flexibility index (Phi) is 7.90. The Labute approximate surface area is 186 Å². The summed E-state index contributed by atoms with van der Waals surface area (Å²) in [5.41, 5.74) is 1.21. The first-order valence-electron chi connectivity index (χ1n) is 12.6. The van der Waals surface area contributed by atoms with E-state index in [1.807, 2.05) is 0 Å². The van der Waals surface area contributed by atoms with Crippen molar-refractivity contribution in [3.05, 3.63) is 35.4 Å². The van der Waals surface area contributed by atoms with Gasteiger partial charge in [0.1, 0.15) is 6.61 Å². The Morgan fingerprint density at radius 3 is 2.26 bits per heavy atom. The van der Waals surface area contributed by atoms with Crippen LogP contribution >= 0.6 is 0 Å². The van der Waals surface area contributed by atoms with Gasteiger partial charge in [0, 0.05) is 0 Å². The lowest BCUT2D eigenvalue weighted by molar-refractivity contribution is 0.184. The summed E-state index contributed by atoms with van der Waals surface area (Å²) in [7, 11) is 0. The summed E-state index contributed by atoms with van der Waals surface area (Å²) in [6.07, 6.45) is 17.9. The second kappa shape index (κ2) is 10.8. The summed E-state index contributed by atoms with van der Waals surface area (Å²) in [4.78, 5) is 0. The number of halogens is 2. The van der Waals surface area contributed by atoms with E-state index in [0.29, 0.717) is 6.61 Å². The van der Waals surface area contributed by atoms with Crippen LogP contribution in [0, 0.1) is 29.4 Å². The first kappa shape index (κ1) is 22.6. The predicted molar refractivity (Wildman–Crippen MR) is 121 cm³/mol. The molecule has 1 aromatic carbocycles. The normalized spacial score (nSPS) is 27.2. The third kappa shape index (κ3) is 5.81. The molecule has 0 spiro atoms. The van der Waals surface area contributed by atoms with E-state index in [9.17, 15) is 8.78 Å². The van der Waals surface area contributed by atoms with Crippen molar-refractivity contribution >= 4 is 0 Å².